The molecule has 3 heteroatoms. The van der Waals surface area contributed by atoms with E-state index in [0.29, 0.717) is 0 Å². The third kappa shape index (κ3) is 6.76. The standard InChI is InChI=1S/C64H41NO2/c1-3-13-44(14-4-1)53-36-30-47(40-58(53)45-15-5-2-6-16-45)42-25-32-50(33-26-42)65(51-34-27-43(28-35-51)48-31-38-61-59(41-48)56-21-9-10-23-60(56)66-61)52-19-11-18-49(39-52)54-22-12-24-62-63(54)57-37-29-46-17-7-8-20-55(46)64(57)67-62/h1-41H. The second-order valence-corrected chi connectivity index (χ2v) is 17.2. The molecule has 0 radical (unpaired) electrons. The van der Waals surface area contributed by atoms with Gasteiger partial charge in [0.15, 0.2) is 0 Å². The van der Waals surface area contributed by atoms with E-state index in [4.69, 9.17) is 8.83 Å². The average Bonchev–Trinajstić information content (AvgIpc) is 3.98. The first kappa shape index (κ1) is 38.5. The summed E-state index contributed by atoms with van der Waals surface area (Å²) in [7, 11) is 0. The van der Waals surface area contributed by atoms with Crippen LogP contribution in [-0.4, -0.2) is 0 Å². The number of rotatable bonds is 8. The van der Waals surface area contributed by atoms with Crippen molar-refractivity contribution in [3.63, 3.8) is 0 Å². The van der Waals surface area contributed by atoms with Crippen LogP contribution in [0.25, 0.3) is 110 Å². The van der Waals surface area contributed by atoms with E-state index in [1.807, 2.05) is 12.1 Å². The summed E-state index contributed by atoms with van der Waals surface area (Å²) in [5.41, 5.74) is 18.4. The molecule has 0 fully saturated rings. The van der Waals surface area contributed by atoms with Crippen LogP contribution in [0.4, 0.5) is 17.1 Å². The Labute approximate surface area is 388 Å². The third-order valence-corrected chi connectivity index (χ3v) is 13.3. The van der Waals surface area contributed by atoms with Crippen molar-refractivity contribution in [2.75, 3.05) is 4.90 Å². The summed E-state index contributed by atoms with van der Waals surface area (Å²) < 4.78 is 12.8. The number of hydrogen-bond donors (Lipinski definition) is 0. The van der Waals surface area contributed by atoms with E-state index in [1.54, 1.807) is 0 Å². The minimum Gasteiger partial charge on any atom is -0.456 e. The van der Waals surface area contributed by atoms with Crippen LogP contribution >= 0.6 is 0 Å². The van der Waals surface area contributed by atoms with Gasteiger partial charge in [0.2, 0.25) is 0 Å². The molecular weight excluding hydrogens is 815 g/mol. The fourth-order valence-corrected chi connectivity index (χ4v) is 10.0. The Kier molecular flexibility index (Phi) is 9.17. The van der Waals surface area contributed by atoms with Crippen molar-refractivity contribution < 1.29 is 8.83 Å². The van der Waals surface area contributed by atoms with Crippen molar-refractivity contribution in [3.8, 4) is 55.6 Å². The van der Waals surface area contributed by atoms with Gasteiger partial charge >= 0.3 is 0 Å². The number of fused-ring (bicyclic) bond motifs is 8. The number of hydrogen-bond acceptors (Lipinski definition) is 3. The quantitative estimate of drug-likeness (QED) is 0.152. The van der Waals surface area contributed by atoms with Crippen LogP contribution in [0, 0.1) is 0 Å². The Balaban J connectivity index is 0.922. The van der Waals surface area contributed by atoms with Crippen LogP contribution in [0.3, 0.4) is 0 Å². The molecule has 0 atom stereocenters. The van der Waals surface area contributed by atoms with E-state index in [0.717, 1.165) is 94.1 Å². The lowest BCUT2D eigenvalue weighted by molar-refractivity contribution is 0.669. The Bertz CT molecular complexity index is 3960. The topological polar surface area (TPSA) is 29.5 Å². The van der Waals surface area contributed by atoms with Gasteiger partial charge in [-0.05, 0) is 134 Å². The summed E-state index contributed by atoms with van der Waals surface area (Å²) in [6, 6.07) is 89.0. The predicted molar refractivity (Wildman–Crippen MR) is 280 cm³/mol. The number of benzene rings is 11. The summed E-state index contributed by atoms with van der Waals surface area (Å²) in [6.07, 6.45) is 0. The van der Waals surface area contributed by atoms with Gasteiger partial charge < -0.3 is 13.7 Å². The largest absolute Gasteiger partial charge is 0.456 e. The van der Waals surface area contributed by atoms with E-state index in [-0.39, 0.29) is 0 Å². The number of nitrogens with zero attached hydrogens (tertiary/aromatic N) is 1. The third-order valence-electron chi connectivity index (χ3n) is 13.3. The Morgan fingerprint density at radius 1 is 0.254 bits per heavy atom. The summed E-state index contributed by atoms with van der Waals surface area (Å²) in [6.45, 7) is 0. The molecule has 0 aliphatic rings. The fourth-order valence-electron chi connectivity index (χ4n) is 10.0. The van der Waals surface area contributed by atoms with Gasteiger partial charge in [-0.25, -0.2) is 0 Å². The lowest BCUT2D eigenvalue weighted by atomic mass is 9.91. The van der Waals surface area contributed by atoms with Crippen molar-refractivity contribution in [2.45, 2.75) is 0 Å². The average molecular weight is 856 g/mol. The molecule has 0 saturated heterocycles. The molecule has 13 rings (SSSR count). The summed E-state index contributed by atoms with van der Waals surface area (Å²) in [5, 5.41) is 6.77. The Hall–Kier alpha value is -8.92. The maximum Gasteiger partial charge on any atom is 0.143 e. The molecule has 2 aromatic heterocycles. The molecule has 0 bridgehead atoms. The van der Waals surface area contributed by atoms with E-state index in [1.165, 1.54) is 33.2 Å². The zero-order chi connectivity index (χ0) is 44.3. The zero-order valence-corrected chi connectivity index (χ0v) is 36.4. The molecule has 0 unspecified atom stereocenters. The SMILES string of the molecule is c1ccc(-c2ccc(-c3ccc(N(c4ccc(-c5ccc6oc7ccccc7c6c5)cc4)c4cccc(-c5cccc6oc7c8ccccc8ccc7c56)c4)cc3)cc2-c2ccccc2)cc1. The van der Waals surface area contributed by atoms with Crippen LogP contribution in [0.5, 0.6) is 0 Å². The minimum absolute atomic E-state index is 0.881. The molecule has 3 nitrogen and oxygen atoms in total. The molecule has 13 aromatic rings. The van der Waals surface area contributed by atoms with Crippen molar-refractivity contribution in [2.24, 2.45) is 0 Å². The Morgan fingerprint density at radius 2 is 0.836 bits per heavy atom. The molecular formula is C64H41NO2. The zero-order valence-electron chi connectivity index (χ0n) is 36.4. The van der Waals surface area contributed by atoms with E-state index < -0.39 is 0 Å². The highest BCUT2D eigenvalue weighted by Gasteiger charge is 2.19. The normalized spacial score (nSPS) is 11.6. The summed E-state index contributed by atoms with van der Waals surface area (Å²) >= 11 is 0. The van der Waals surface area contributed by atoms with Crippen molar-refractivity contribution >= 4 is 71.7 Å². The lowest BCUT2D eigenvalue weighted by Gasteiger charge is -2.26. The second-order valence-electron chi connectivity index (χ2n) is 17.2. The lowest BCUT2D eigenvalue weighted by Crippen LogP contribution is -2.10. The number of furan rings is 2. The first-order valence-electron chi connectivity index (χ1n) is 22.8. The van der Waals surface area contributed by atoms with E-state index in [9.17, 15) is 0 Å². The first-order chi connectivity index (χ1) is 33.2. The predicted octanol–water partition coefficient (Wildman–Crippen LogP) is 18.4. The van der Waals surface area contributed by atoms with Gasteiger partial charge in [-0.2, -0.15) is 0 Å². The highest BCUT2D eigenvalue weighted by molar-refractivity contribution is 6.19. The molecule has 0 aliphatic carbocycles. The summed E-state index contributed by atoms with van der Waals surface area (Å²) in [5.74, 6) is 0. The molecule has 67 heavy (non-hydrogen) atoms. The molecule has 0 amide bonds. The van der Waals surface area contributed by atoms with Gasteiger partial charge in [0.1, 0.15) is 22.3 Å². The van der Waals surface area contributed by atoms with Gasteiger partial charge in [0.05, 0.1) is 0 Å². The maximum atomic E-state index is 6.63. The van der Waals surface area contributed by atoms with Crippen LogP contribution < -0.4 is 4.90 Å². The van der Waals surface area contributed by atoms with Crippen molar-refractivity contribution in [1.29, 1.82) is 0 Å². The van der Waals surface area contributed by atoms with Crippen molar-refractivity contribution in [1.82, 2.24) is 0 Å². The fraction of sp³-hybridized carbons (Fsp3) is 0. The second kappa shape index (κ2) is 16.0. The molecule has 0 aliphatic heterocycles. The van der Waals surface area contributed by atoms with Gasteiger partial charge in [0, 0.05) is 44.0 Å². The van der Waals surface area contributed by atoms with Crippen LogP contribution in [-0.2, 0) is 0 Å². The molecule has 2 heterocycles. The van der Waals surface area contributed by atoms with Gasteiger partial charge in [0.25, 0.3) is 0 Å². The monoisotopic (exact) mass is 855 g/mol. The molecule has 0 saturated carbocycles. The first-order valence-corrected chi connectivity index (χ1v) is 22.8. The Morgan fingerprint density at radius 3 is 1.60 bits per heavy atom. The summed E-state index contributed by atoms with van der Waals surface area (Å²) in [4.78, 5) is 2.36. The minimum atomic E-state index is 0.881. The molecule has 11 aromatic carbocycles. The molecule has 0 N–H and O–H groups in total. The highest BCUT2D eigenvalue weighted by atomic mass is 16.3. The maximum absolute atomic E-state index is 6.63. The number of para-hydroxylation sites is 1. The van der Waals surface area contributed by atoms with Crippen molar-refractivity contribution in [3.05, 3.63) is 249 Å². The number of anilines is 3. The van der Waals surface area contributed by atoms with Gasteiger partial charge in [-0.1, -0.05) is 176 Å². The van der Waals surface area contributed by atoms with Crippen LogP contribution in [0.2, 0.25) is 0 Å². The van der Waals surface area contributed by atoms with Crippen LogP contribution in [0.1, 0.15) is 0 Å². The van der Waals surface area contributed by atoms with Crippen LogP contribution in [0.15, 0.2) is 258 Å². The van der Waals surface area contributed by atoms with Gasteiger partial charge in [-0.15, -0.1) is 0 Å². The van der Waals surface area contributed by atoms with E-state index >= 15 is 0 Å². The highest BCUT2D eigenvalue weighted by Crippen LogP contribution is 2.44. The van der Waals surface area contributed by atoms with E-state index in [2.05, 4.69) is 241 Å². The smallest absolute Gasteiger partial charge is 0.143 e. The molecule has 0 spiro atoms. The molecule has 314 valence electrons. The van der Waals surface area contributed by atoms with Gasteiger partial charge in [-0.3, -0.25) is 0 Å².